The number of rotatable bonds is 4. The molecule has 1 aliphatic rings. The van der Waals surface area contributed by atoms with Crippen molar-refractivity contribution < 1.29 is 13.2 Å². The monoisotopic (exact) mass is 300 g/mol. The van der Waals surface area contributed by atoms with Crippen LogP contribution in [0.5, 0.6) is 0 Å². The van der Waals surface area contributed by atoms with E-state index in [0.29, 0.717) is 17.8 Å². The number of nitrogens with one attached hydrogen (secondary N) is 1. The van der Waals surface area contributed by atoms with Gasteiger partial charge in [-0.15, -0.1) is 0 Å². The molecule has 1 heterocycles. The van der Waals surface area contributed by atoms with E-state index < -0.39 is 11.7 Å². The van der Waals surface area contributed by atoms with Crippen LogP contribution in [-0.4, -0.2) is 19.6 Å². The number of alkyl halides is 3. The van der Waals surface area contributed by atoms with E-state index in [-0.39, 0.29) is 6.54 Å². The summed E-state index contributed by atoms with van der Waals surface area (Å²) in [6.45, 7) is 4.50. The van der Waals surface area contributed by atoms with E-state index in [1.165, 1.54) is 18.9 Å². The average Bonchev–Trinajstić information content (AvgIpc) is 2.73. The van der Waals surface area contributed by atoms with Crippen molar-refractivity contribution in [1.82, 2.24) is 5.32 Å². The maximum absolute atomic E-state index is 13.3. The Kier molecular flexibility index (Phi) is 5.51. The van der Waals surface area contributed by atoms with Gasteiger partial charge in [0.15, 0.2) is 0 Å². The first-order chi connectivity index (χ1) is 10.0. The van der Waals surface area contributed by atoms with Crippen LogP contribution in [0.25, 0.3) is 0 Å². The van der Waals surface area contributed by atoms with E-state index in [0.717, 1.165) is 25.9 Å². The van der Waals surface area contributed by atoms with Crippen molar-refractivity contribution in [3.63, 3.8) is 0 Å². The predicted octanol–water partition coefficient (Wildman–Crippen LogP) is 4.20. The van der Waals surface area contributed by atoms with Gasteiger partial charge in [0, 0.05) is 25.3 Å². The second kappa shape index (κ2) is 7.16. The lowest BCUT2D eigenvalue weighted by Gasteiger charge is -2.24. The molecule has 2 nitrogen and oxygen atoms in total. The van der Waals surface area contributed by atoms with Gasteiger partial charge in [0.1, 0.15) is 0 Å². The third-order valence-corrected chi connectivity index (χ3v) is 3.94. The molecule has 0 aromatic heterocycles. The zero-order valence-electron chi connectivity index (χ0n) is 12.5. The molecule has 5 heteroatoms. The van der Waals surface area contributed by atoms with Crippen LogP contribution >= 0.6 is 0 Å². The van der Waals surface area contributed by atoms with Gasteiger partial charge in [-0.25, -0.2) is 0 Å². The Balaban J connectivity index is 2.27. The average molecular weight is 300 g/mol. The molecule has 0 spiro atoms. The summed E-state index contributed by atoms with van der Waals surface area (Å²) in [4.78, 5) is 2.08. The van der Waals surface area contributed by atoms with Crippen molar-refractivity contribution in [3.05, 3.63) is 29.3 Å². The van der Waals surface area contributed by atoms with Gasteiger partial charge in [0.25, 0.3) is 0 Å². The summed E-state index contributed by atoms with van der Waals surface area (Å²) >= 11 is 0. The lowest BCUT2D eigenvalue weighted by Crippen LogP contribution is -2.25. The quantitative estimate of drug-likeness (QED) is 0.896. The van der Waals surface area contributed by atoms with Gasteiger partial charge >= 0.3 is 6.18 Å². The Morgan fingerprint density at radius 2 is 1.76 bits per heavy atom. The first kappa shape index (κ1) is 16.1. The van der Waals surface area contributed by atoms with Crippen LogP contribution in [-0.2, 0) is 12.7 Å². The maximum Gasteiger partial charge on any atom is 0.416 e. The van der Waals surface area contributed by atoms with Crippen molar-refractivity contribution in [2.45, 2.75) is 45.3 Å². The van der Waals surface area contributed by atoms with Crippen molar-refractivity contribution in [2.75, 3.05) is 24.5 Å². The van der Waals surface area contributed by atoms with E-state index in [2.05, 4.69) is 10.2 Å². The predicted molar refractivity (Wildman–Crippen MR) is 79.5 cm³/mol. The fourth-order valence-corrected chi connectivity index (χ4v) is 2.77. The Labute approximate surface area is 124 Å². The van der Waals surface area contributed by atoms with Gasteiger partial charge in [-0.2, -0.15) is 13.2 Å². The molecule has 118 valence electrons. The second-order valence-electron chi connectivity index (χ2n) is 5.52. The molecule has 1 N–H and O–H groups in total. The van der Waals surface area contributed by atoms with Crippen LogP contribution in [0.15, 0.2) is 18.2 Å². The van der Waals surface area contributed by atoms with Crippen LogP contribution in [0.1, 0.15) is 43.7 Å². The highest BCUT2D eigenvalue weighted by Crippen LogP contribution is 2.35. The molecule has 0 unspecified atom stereocenters. The highest BCUT2D eigenvalue weighted by Gasteiger charge is 2.33. The highest BCUT2D eigenvalue weighted by atomic mass is 19.4. The van der Waals surface area contributed by atoms with Gasteiger partial charge < -0.3 is 10.2 Å². The Hall–Kier alpha value is -1.23. The molecule has 1 saturated heterocycles. The van der Waals surface area contributed by atoms with Crippen molar-refractivity contribution in [1.29, 1.82) is 0 Å². The Morgan fingerprint density at radius 3 is 2.33 bits per heavy atom. The van der Waals surface area contributed by atoms with Gasteiger partial charge in [-0.05, 0) is 37.1 Å². The molecule has 0 saturated carbocycles. The zero-order valence-corrected chi connectivity index (χ0v) is 12.5. The summed E-state index contributed by atoms with van der Waals surface area (Å²) in [6.07, 6.45) is 0.149. The fraction of sp³-hybridized carbons (Fsp3) is 0.625. The number of anilines is 1. The molecule has 1 aliphatic heterocycles. The molecule has 0 amide bonds. The molecule has 1 aromatic rings. The molecule has 0 radical (unpaired) electrons. The van der Waals surface area contributed by atoms with Crippen molar-refractivity contribution >= 4 is 5.69 Å². The van der Waals surface area contributed by atoms with Crippen LogP contribution in [0.4, 0.5) is 18.9 Å². The third-order valence-electron chi connectivity index (χ3n) is 3.94. The summed E-state index contributed by atoms with van der Waals surface area (Å²) in [6, 6.07) is 4.76. The van der Waals surface area contributed by atoms with E-state index >= 15 is 0 Å². The first-order valence-corrected chi connectivity index (χ1v) is 7.68. The third kappa shape index (κ3) is 4.37. The zero-order chi connectivity index (χ0) is 15.3. The van der Waals surface area contributed by atoms with Crippen molar-refractivity contribution in [2.24, 2.45) is 0 Å². The van der Waals surface area contributed by atoms with Crippen LogP contribution in [0.3, 0.4) is 0 Å². The largest absolute Gasteiger partial charge is 0.416 e. The van der Waals surface area contributed by atoms with Gasteiger partial charge in [0.2, 0.25) is 0 Å². The number of halogens is 3. The number of nitrogens with zero attached hydrogens (tertiary/aromatic N) is 1. The molecule has 21 heavy (non-hydrogen) atoms. The number of hydrogen-bond acceptors (Lipinski definition) is 2. The van der Waals surface area contributed by atoms with E-state index in [4.69, 9.17) is 0 Å². The molecule has 0 atom stereocenters. The lowest BCUT2D eigenvalue weighted by atomic mass is 10.0. The topological polar surface area (TPSA) is 15.3 Å². The minimum atomic E-state index is -4.30. The smallest absolute Gasteiger partial charge is 0.372 e. The molecule has 1 aromatic carbocycles. The summed E-state index contributed by atoms with van der Waals surface area (Å²) in [5.74, 6) is 0. The van der Waals surface area contributed by atoms with Gasteiger partial charge in [-0.1, -0.05) is 25.8 Å². The van der Waals surface area contributed by atoms with Crippen LogP contribution in [0, 0.1) is 0 Å². The molecular formula is C16H23F3N2. The normalized spacial score (nSPS) is 16.9. The van der Waals surface area contributed by atoms with Crippen molar-refractivity contribution in [3.8, 4) is 0 Å². The second-order valence-corrected chi connectivity index (χ2v) is 5.52. The number of hydrogen-bond donors (Lipinski definition) is 1. The van der Waals surface area contributed by atoms with E-state index in [9.17, 15) is 13.2 Å². The fourth-order valence-electron chi connectivity index (χ4n) is 2.77. The van der Waals surface area contributed by atoms with Crippen LogP contribution < -0.4 is 10.2 Å². The van der Waals surface area contributed by atoms with E-state index in [1.54, 1.807) is 6.07 Å². The summed E-state index contributed by atoms with van der Waals surface area (Å²) < 4.78 is 39.8. The molecule has 0 aliphatic carbocycles. The molecule has 2 rings (SSSR count). The standard InChI is InChI=1S/C16H23F3N2/c1-2-20-12-13-7-8-14(11-15(13)16(17,18)19)21-9-5-3-4-6-10-21/h7-8,11,20H,2-6,9-10,12H2,1H3. The molecule has 1 fully saturated rings. The lowest BCUT2D eigenvalue weighted by molar-refractivity contribution is -0.138. The highest BCUT2D eigenvalue weighted by molar-refractivity contribution is 5.52. The minimum absolute atomic E-state index is 0.256. The van der Waals surface area contributed by atoms with Crippen LogP contribution in [0.2, 0.25) is 0 Å². The molecular weight excluding hydrogens is 277 g/mol. The summed E-state index contributed by atoms with van der Waals surface area (Å²) in [5.41, 5.74) is 0.512. The summed E-state index contributed by atoms with van der Waals surface area (Å²) in [5, 5.41) is 2.97. The maximum atomic E-state index is 13.3. The van der Waals surface area contributed by atoms with Gasteiger partial charge in [-0.3, -0.25) is 0 Å². The summed E-state index contributed by atoms with van der Waals surface area (Å²) in [7, 11) is 0. The Bertz CT molecular complexity index is 449. The molecule has 0 bridgehead atoms. The minimum Gasteiger partial charge on any atom is -0.372 e. The number of benzene rings is 1. The van der Waals surface area contributed by atoms with Gasteiger partial charge in [0.05, 0.1) is 5.56 Å². The SMILES string of the molecule is CCNCc1ccc(N2CCCCCC2)cc1C(F)(F)F. The Morgan fingerprint density at radius 1 is 1.10 bits per heavy atom. The first-order valence-electron chi connectivity index (χ1n) is 7.68. The van der Waals surface area contributed by atoms with E-state index in [1.807, 2.05) is 13.0 Å².